The summed E-state index contributed by atoms with van der Waals surface area (Å²) in [7, 11) is 1.36. The van der Waals surface area contributed by atoms with Crippen LogP contribution in [0.15, 0.2) is 36.4 Å². The Balaban J connectivity index is 1.35. The van der Waals surface area contributed by atoms with Gasteiger partial charge in [-0.3, -0.25) is 19.2 Å². The summed E-state index contributed by atoms with van der Waals surface area (Å²) in [5, 5.41) is 110. The number of methoxy groups -OCH3 is 1. The average Bonchev–Trinajstić information content (AvgIpc) is 3.37. The van der Waals surface area contributed by atoms with E-state index in [0.717, 1.165) is 33.1 Å². The van der Waals surface area contributed by atoms with Gasteiger partial charge in [0.15, 0.2) is 18.9 Å². The summed E-state index contributed by atoms with van der Waals surface area (Å²) in [6.45, 7) is 3.16. The van der Waals surface area contributed by atoms with Crippen LogP contribution >= 0.6 is 0 Å². The van der Waals surface area contributed by atoms with Crippen LogP contribution in [0.1, 0.15) is 89.4 Å². The van der Waals surface area contributed by atoms with Crippen molar-refractivity contribution in [2.75, 3.05) is 40.1 Å². The van der Waals surface area contributed by atoms with Gasteiger partial charge in [-0.25, -0.2) is 0 Å². The van der Waals surface area contributed by atoms with Gasteiger partial charge in [0.2, 0.25) is 17.7 Å². The third kappa shape index (κ3) is 16.5. The predicted octanol–water partition coefficient (Wildman–Crippen LogP) is -2.88. The highest BCUT2D eigenvalue weighted by Crippen LogP contribution is 2.37. The number of hydrogen-bond acceptors (Lipinski definition) is 21. The molecule has 4 fully saturated rings. The molecule has 5 rings (SSSR count). The first kappa shape index (κ1) is 61.8. The second-order valence-electron chi connectivity index (χ2n) is 19.4. The van der Waals surface area contributed by atoms with E-state index in [9.17, 15) is 65.1 Å². The van der Waals surface area contributed by atoms with Crippen LogP contribution < -0.4 is 26.0 Å². The van der Waals surface area contributed by atoms with Gasteiger partial charge in [-0.05, 0) is 44.2 Å². The molecular formula is C50H80N4O21. The molecule has 0 saturated carbocycles. The normalized spacial score (nSPS) is 36.1. The lowest BCUT2D eigenvalue weighted by Gasteiger charge is -2.51. The first-order valence-electron chi connectivity index (χ1n) is 25.7. The number of carbonyl (C=O) groups is 4. The molecule has 0 aliphatic carbocycles. The fourth-order valence-corrected chi connectivity index (χ4v) is 9.98. The lowest BCUT2D eigenvalue weighted by molar-refractivity contribution is -0.347. The van der Waals surface area contributed by atoms with E-state index in [2.05, 4.69) is 40.3 Å². The van der Waals surface area contributed by atoms with Crippen LogP contribution in [-0.2, 0) is 47.5 Å². The van der Waals surface area contributed by atoms with Gasteiger partial charge in [0.1, 0.15) is 78.8 Å². The molecule has 4 saturated heterocycles. The number of unbranched alkanes of at least 4 members (excludes halogenated alkanes) is 5. The number of hydrogen-bond donors (Lipinski definition) is 13. The fraction of sp³-hybridized carbons (Fsp3) is 0.760. The minimum absolute atomic E-state index is 0.0575. The van der Waals surface area contributed by atoms with Gasteiger partial charge in [-0.15, -0.1) is 0 Å². The van der Waals surface area contributed by atoms with Crippen molar-refractivity contribution in [2.45, 2.75) is 195 Å². The Bertz CT molecular complexity index is 1970. The van der Waals surface area contributed by atoms with Crippen molar-refractivity contribution >= 4 is 23.6 Å². The van der Waals surface area contributed by atoms with Crippen LogP contribution in [0.4, 0.5) is 0 Å². The minimum Gasteiger partial charge on any atom is -0.493 e. The molecule has 20 atom stereocenters. The van der Waals surface area contributed by atoms with Crippen LogP contribution in [0.25, 0.3) is 0 Å². The zero-order chi connectivity index (χ0) is 54.9. The second-order valence-corrected chi connectivity index (χ2v) is 19.4. The largest absolute Gasteiger partial charge is 0.493 e. The second kappa shape index (κ2) is 30.2. The molecular weight excluding hydrogens is 993 g/mol. The van der Waals surface area contributed by atoms with Gasteiger partial charge < -0.3 is 105 Å². The molecule has 4 heterocycles. The van der Waals surface area contributed by atoms with E-state index < -0.39 is 166 Å². The summed E-state index contributed by atoms with van der Waals surface area (Å²) in [5.41, 5.74) is 0.0575. The lowest BCUT2D eigenvalue weighted by atomic mass is 9.80. The van der Waals surface area contributed by atoms with Gasteiger partial charge in [0, 0.05) is 33.8 Å². The highest BCUT2D eigenvalue weighted by atomic mass is 16.7. The van der Waals surface area contributed by atoms with E-state index in [1.165, 1.54) is 39.4 Å². The van der Waals surface area contributed by atoms with Crippen molar-refractivity contribution in [2.24, 2.45) is 5.92 Å². The topological polar surface area (TPSA) is 372 Å². The molecule has 0 spiro atoms. The van der Waals surface area contributed by atoms with Crippen molar-refractivity contribution in [3.05, 3.63) is 42.0 Å². The smallest absolute Gasteiger partial charge is 0.255 e. The Morgan fingerprint density at radius 1 is 0.587 bits per heavy atom. The molecule has 20 unspecified atom stereocenters. The molecule has 25 heteroatoms. The number of carbonyl (C=O) groups excluding carboxylic acids is 4. The Morgan fingerprint density at radius 2 is 1.13 bits per heavy atom. The van der Waals surface area contributed by atoms with Gasteiger partial charge in [0.25, 0.3) is 5.91 Å². The number of amides is 4. The molecule has 426 valence electrons. The van der Waals surface area contributed by atoms with Crippen LogP contribution in [0.3, 0.4) is 0 Å². The van der Waals surface area contributed by atoms with Crippen molar-refractivity contribution in [1.82, 2.24) is 21.3 Å². The number of allylic oxidation sites excluding steroid dienone is 2. The van der Waals surface area contributed by atoms with Gasteiger partial charge in [-0.1, -0.05) is 50.5 Å². The quantitative estimate of drug-likeness (QED) is 0.0327. The van der Waals surface area contributed by atoms with E-state index in [1.54, 1.807) is 18.2 Å². The highest BCUT2D eigenvalue weighted by Gasteiger charge is 2.56. The highest BCUT2D eigenvalue weighted by molar-refractivity contribution is 5.97. The first-order valence-corrected chi connectivity index (χ1v) is 25.7. The summed E-state index contributed by atoms with van der Waals surface area (Å²) in [6.07, 6.45) is -12.9. The Labute approximate surface area is 436 Å². The van der Waals surface area contributed by atoms with Crippen LogP contribution in [-0.4, -0.2) is 226 Å². The summed E-state index contributed by atoms with van der Waals surface area (Å²) < 4.78 is 47.7. The van der Waals surface area contributed by atoms with Gasteiger partial charge in [0.05, 0.1) is 63.0 Å². The van der Waals surface area contributed by atoms with Crippen molar-refractivity contribution in [3.63, 3.8) is 0 Å². The van der Waals surface area contributed by atoms with Crippen LogP contribution in [0.2, 0.25) is 0 Å². The van der Waals surface area contributed by atoms with Crippen LogP contribution in [0.5, 0.6) is 5.75 Å². The number of nitrogens with one attached hydrogen (secondary N) is 4. The zero-order valence-corrected chi connectivity index (χ0v) is 43.1. The Morgan fingerprint density at radius 3 is 1.73 bits per heavy atom. The Kier molecular flexibility index (Phi) is 24.9. The number of rotatable bonds is 26. The third-order valence-electron chi connectivity index (χ3n) is 13.8. The molecule has 75 heavy (non-hydrogen) atoms. The van der Waals surface area contributed by atoms with E-state index in [1.807, 2.05) is 0 Å². The number of aliphatic hydroxyl groups excluding tert-OH is 9. The molecule has 0 radical (unpaired) electrons. The SMILES string of the molecule is CCCCCC/C=C\CCCOc1ccccc1C(=O)NC1C(OC2C(CO)OC(OC3C(CO)OC(CC4C(COC)OC(O)C(NC(C)=O)C4O)C(NC(C)=O)C3O)C(NC(C)=O)C2O)OC(CO)C(O)C1O. The molecule has 25 nitrogen and oxygen atoms in total. The fourth-order valence-electron chi connectivity index (χ4n) is 9.98. The minimum atomic E-state index is -1.91. The molecule has 13 N–H and O–H groups in total. The number of para-hydroxylation sites is 1. The average molecular weight is 1070 g/mol. The van der Waals surface area contributed by atoms with E-state index in [0.29, 0.717) is 6.42 Å². The lowest BCUT2D eigenvalue weighted by Crippen LogP contribution is -2.71. The number of benzene rings is 1. The maximum atomic E-state index is 14.0. The maximum Gasteiger partial charge on any atom is 0.255 e. The maximum absolute atomic E-state index is 14.0. The Hall–Kier alpha value is -4.00. The van der Waals surface area contributed by atoms with Crippen molar-refractivity contribution < 1.29 is 103 Å². The van der Waals surface area contributed by atoms with Crippen molar-refractivity contribution in [1.29, 1.82) is 0 Å². The van der Waals surface area contributed by atoms with E-state index in [4.69, 9.17) is 37.9 Å². The first-order chi connectivity index (χ1) is 35.9. The number of aliphatic hydroxyl groups is 9. The van der Waals surface area contributed by atoms with E-state index in [-0.39, 0.29) is 30.9 Å². The zero-order valence-electron chi connectivity index (χ0n) is 43.1. The summed E-state index contributed by atoms with van der Waals surface area (Å²) in [4.78, 5) is 51.4. The molecule has 0 bridgehead atoms. The van der Waals surface area contributed by atoms with Crippen LogP contribution in [0, 0.1) is 5.92 Å². The van der Waals surface area contributed by atoms with Gasteiger partial charge in [-0.2, -0.15) is 0 Å². The molecule has 0 aromatic heterocycles. The molecule has 4 amide bonds. The summed E-state index contributed by atoms with van der Waals surface area (Å²) in [6, 6.07) is 0.451. The molecule has 1 aromatic carbocycles. The van der Waals surface area contributed by atoms with Crippen molar-refractivity contribution in [3.8, 4) is 5.75 Å². The third-order valence-corrected chi connectivity index (χ3v) is 13.8. The summed E-state index contributed by atoms with van der Waals surface area (Å²) in [5.74, 6) is -3.49. The molecule has 1 aromatic rings. The summed E-state index contributed by atoms with van der Waals surface area (Å²) >= 11 is 0. The monoisotopic (exact) mass is 1070 g/mol. The molecule has 4 aliphatic rings. The predicted molar refractivity (Wildman–Crippen MR) is 261 cm³/mol. The number of ether oxygens (including phenoxy) is 8. The van der Waals surface area contributed by atoms with Gasteiger partial charge >= 0.3 is 0 Å². The molecule has 4 aliphatic heterocycles. The standard InChI is InChI=1S/C50H80N4O21/c1-6-7-8-9-10-11-12-13-16-19-69-30-18-15-14-17-28(30)47(66)54-38-42(63)41(62)32(21-55)72-49(38)75-46-34(23-57)73-50(39(44(46)65)53-27(4)60)74-45-33(22-56)70-31(36(43(45)64)51-25(2)58)20-29-35(24-68-5)71-48(67)37(40(29)61)52-26(3)59/h11-12,14-15,17-18,29,31-46,48-50,55-57,61-65,67H,6-10,13,16,19-24H2,1-5H3,(H,51,58)(H,52,59)(H,53,60)(H,54,66)/b12-11-. The van der Waals surface area contributed by atoms with E-state index >= 15 is 0 Å².